The summed E-state index contributed by atoms with van der Waals surface area (Å²) in [6.07, 6.45) is 3.65. The summed E-state index contributed by atoms with van der Waals surface area (Å²) in [5.41, 5.74) is 3.68. The van der Waals surface area contributed by atoms with E-state index in [9.17, 15) is 14.5 Å². The van der Waals surface area contributed by atoms with Gasteiger partial charge in [0, 0.05) is 10.9 Å². The summed E-state index contributed by atoms with van der Waals surface area (Å²) in [5, 5.41) is 14.2. The van der Waals surface area contributed by atoms with Gasteiger partial charge in [-0.25, -0.2) is 9.37 Å². The minimum Gasteiger partial charge on any atom is -0.462 e. The van der Waals surface area contributed by atoms with E-state index >= 15 is 4.39 Å². The van der Waals surface area contributed by atoms with Crippen molar-refractivity contribution in [1.29, 1.82) is 0 Å². The lowest BCUT2D eigenvalue weighted by Gasteiger charge is -2.27. The summed E-state index contributed by atoms with van der Waals surface area (Å²) in [6.45, 7) is 4.45. The van der Waals surface area contributed by atoms with Crippen LogP contribution in [0, 0.1) is 12.3 Å². The van der Waals surface area contributed by atoms with E-state index in [1.165, 1.54) is 15.0 Å². The predicted octanol–water partition coefficient (Wildman–Crippen LogP) is 3.34. The Hall–Kier alpha value is -3.25. The van der Waals surface area contributed by atoms with Gasteiger partial charge in [0.1, 0.15) is 18.2 Å². The predicted molar refractivity (Wildman–Crippen MR) is 159 cm³/mol. The van der Waals surface area contributed by atoms with Gasteiger partial charge < -0.3 is 30.2 Å². The lowest BCUT2D eigenvalue weighted by atomic mass is 9.97. The number of rotatable bonds is 12. The quantitative estimate of drug-likeness (QED) is 0.115. The number of benzene rings is 1. The normalized spacial score (nSPS) is 25.1. The topological polar surface area (TPSA) is 167 Å². The zero-order valence-electron chi connectivity index (χ0n) is 23.7. The SMILES string of the molecule is C#C[C@@]1(F)[C@H](O)[C@@H](CO[PH](=O)N(Sc2ccccc2)[C@H](C)C(=O)OC(C)C)O[C@H]1n1cnc2c(NC3CC3)nc(N)nc21. The van der Waals surface area contributed by atoms with Gasteiger partial charge >= 0.3 is 5.97 Å². The number of terminal acetylenes is 1. The average molecular weight is 634 g/mol. The number of aliphatic hydroxyl groups is 1. The van der Waals surface area contributed by atoms with E-state index in [1.54, 1.807) is 45.0 Å². The maximum Gasteiger partial charge on any atom is 0.324 e. The molecule has 1 unspecified atom stereocenters. The number of carbonyl (C=O) groups excluding carboxylic acids is 1. The fourth-order valence-corrected chi connectivity index (χ4v) is 6.83. The van der Waals surface area contributed by atoms with E-state index in [0.29, 0.717) is 16.2 Å². The van der Waals surface area contributed by atoms with Crippen LogP contribution in [0.15, 0.2) is 41.6 Å². The van der Waals surface area contributed by atoms with Crippen molar-refractivity contribution in [1.82, 2.24) is 23.6 Å². The number of halogens is 1. The van der Waals surface area contributed by atoms with Gasteiger partial charge in [-0.3, -0.25) is 13.9 Å². The van der Waals surface area contributed by atoms with Gasteiger partial charge in [0.15, 0.2) is 23.2 Å². The van der Waals surface area contributed by atoms with Crippen LogP contribution in [0.1, 0.15) is 39.8 Å². The molecule has 0 spiro atoms. The molecular weight excluding hydrogens is 600 g/mol. The number of hydrogen-bond acceptors (Lipinski definition) is 12. The molecule has 0 bridgehead atoms. The van der Waals surface area contributed by atoms with Crippen LogP contribution in [0.3, 0.4) is 0 Å². The third-order valence-electron chi connectivity index (χ3n) is 6.82. The molecule has 43 heavy (non-hydrogen) atoms. The number of alkyl halides is 1. The summed E-state index contributed by atoms with van der Waals surface area (Å²) >= 11 is 1.05. The van der Waals surface area contributed by atoms with Crippen LogP contribution in [0.25, 0.3) is 11.2 Å². The molecule has 1 saturated carbocycles. The number of anilines is 2. The molecule has 1 aliphatic carbocycles. The van der Waals surface area contributed by atoms with Crippen molar-refractivity contribution in [3.8, 4) is 12.3 Å². The summed E-state index contributed by atoms with van der Waals surface area (Å²) in [6, 6.07) is 8.24. The average Bonchev–Trinajstić information content (AvgIpc) is 3.64. The highest BCUT2D eigenvalue weighted by atomic mass is 32.2. The zero-order valence-corrected chi connectivity index (χ0v) is 25.5. The smallest absolute Gasteiger partial charge is 0.324 e. The Morgan fingerprint density at radius 1 is 1.37 bits per heavy atom. The van der Waals surface area contributed by atoms with Gasteiger partial charge in [0.2, 0.25) is 11.6 Å². The van der Waals surface area contributed by atoms with Gasteiger partial charge in [-0.05, 0) is 57.7 Å². The number of nitrogens with one attached hydrogen (secondary N) is 1. The molecule has 2 aliphatic rings. The van der Waals surface area contributed by atoms with Crippen LogP contribution in [0.5, 0.6) is 0 Å². The molecule has 6 atom stereocenters. The minimum absolute atomic E-state index is 0.0688. The van der Waals surface area contributed by atoms with E-state index in [-0.39, 0.29) is 23.7 Å². The standard InChI is InChI=1S/C27H33FN7O6PS/c1-5-27(28)21(36)19(41-25(27)34-14-30-20-22(31-17-11-12-17)32-26(29)33-23(20)34)13-39-42(38)35(16(4)24(37)40-15(2)3)43-18-9-7-6-8-10-18/h1,6-10,14-17,19,21,25,36,42H,11-13H2,2-4H3,(H3,29,31,32,33)/t16-,19-,21-,25-,27-/m1/s1. The second-order valence-corrected chi connectivity index (χ2v) is 13.2. The second-order valence-electron chi connectivity index (χ2n) is 10.5. The van der Waals surface area contributed by atoms with E-state index in [2.05, 4.69) is 20.3 Å². The monoisotopic (exact) mass is 633 g/mol. The Balaban J connectivity index is 1.35. The van der Waals surface area contributed by atoms with Gasteiger partial charge in [-0.2, -0.15) is 14.0 Å². The molecule has 16 heteroatoms. The highest BCUT2D eigenvalue weighted by Gasteiger charge is 2.58. The zero-order chi connectivity index (χ0) is 30.9. The number of esters is 1. The molecule has 230 valence electrons. The van der Waals surface area contributed by atoms with E-state index in [4.69, 9.17) is 26.2 Å². The maximum atomic E-state index is 16.2. The highest BCUT2D eigenvalue weighted by Crippen LogP contribution is 2.46. The number of aliphatic hydroxyl groups excluding tert-OH is 1. The lowest BCUT2D eigenvalue weighted by Crippen LogP contribution is -2.42. The fourth-order valence-electron chi connectivity index (χ4n) is 4.45. The second kappa shape index (κ2) is 12.8. The Morgan fingerprint density at radius 3 is 2.74 bits per heavy atom. The molecule has 13 nitrogen and oxygen atoms in total. The molecule has 5 rings (SSSR count). The van der Waals surface area contributed by atoms with Crippen LogP contribution in [0.2, 0.25) is 0 Å². The Bertz CT molecular complexity index is 1540. The maximum absolute atomic E-state index is 16.2. The largest absolute Gasteiger partial charge is 0.462 e. The summed E-state index contributed by atoms with van der Waals surface area (Å²) in [7, 11) is -3.16. The molecule has 0 amide bonds. The molecule has 1 saturated heterocycles. The van der Waals surface area contributed by atoms with E-state index < -0.39 is 50.9 Å². The number of nitrogens with zero attached hydrogens (tertiary/aromatic N) is 5. The molecule has 1 aromatic carbocycles. The Labute approximate surface area is 252 Å². The lowest BCUT2D eigenvalue weighted by molar-refractivity contribution is -0.150. The molecular formula is C27H33FN7O6PS. The number of nitrogen functional groups attached to an aromatic ring is 1. The summed E-state index contributed by atoms with van der Waals surface area (Å²) in [4.78, 5) is 26.1. The van der Waals surface area contributed by atoms with Crippen LogP contribution < -0.4 is 11.1 Å². The Kier molecular flexibility index (Phi) is 9.26. The molecule has 4 N–H and O–H groups in total. The van der Waals surface area contributed by atoms with Crippen molar-refractivity contribution in [2.75, 3.05) is 17.7 Å². The first kappa shape index (κ1) is 31.2. The molecule has 2 aromatic heterocycles. The van der Waals surface area contributed by atoms with Crippen molar-refractivity contribution in [2.24, 2.45) is 0 Å². The number of hydrogen-bond donors (Lipinski definition) is 3. The molecule has 1 aliphatic heterocycles. The van der Waals surface area contributed by atoms with Crippen LogP contribution >= 0.6 is 20.1 Å². The van der Waals surface area contributed by atoms with E-state index in [0.717, 1.165) is 24.8 Å². The van der Waals surface area contributed by atoms with Gasteiger partial charge in [0.05, 0.1) is 19.0 Å². The number of carbonyl (C=O) groups is 1. The third-order valence-corrected chi connectivity index (χ3v) is 9.70. The minimum atomic E-state index is -3.16. The first-order chi connectivity index (χ1) is 20.5. The first-order valence-electron chi connectivity index (χ1n) is 13.7. The Morgan fingerprint density at radius 2 is 2.09 bits per heavy atom. The van der Waals surface area contributed by atoms with Crippen LogP contribution in [-0.4, -0.2) is 77.3 Å². The molecule has 0 radical (unpaired) electrons. The van der Waals surface area contributed by atoms with Gasteiger partial charge in [-0.1, -0.05) is 24.1 Å². The number of fused-ring (bicyclic) bond motifs is 1. The van der Waals surface area contributed by atoms with Crippen molar-refractivity contribution in [2.45, 2.75) is 80.8 Å². The van der Waals surface area contributed by atoms with Crippen molar-refractivity contribution in [3.05, 3.63) is 36.7 Å². The van der Waals surface area contributed by atoms with Crippen molar-refractivity contribution >= 4 is 49.0 Å². The first-order valence-corrected chi connectivity index (χ1v) is 15.7. The molecule has 3 aromatic rings. The number of nitrogens with two attached hydrogens (primary N) is 1. The number of imidazole rings is 1. The van der Waals surface area contributed by atoms with Crippen LogP contribution in [-0.2, 0) is 23.4 Å². The number of aromatic nitrogens is 4. The van der Waals surface area contributed by atoms with E-state index in [1.807, 2.05) is 12.0 Å². The van der Waals surface area contributed by atoms with Crippen molar-refractivity contribution < 1.29 is 32.9 Å². The summed E-state index contributed by atoms with van der Waals surface area (Å²) < 4.78 is 49.1. The molecule has 3 heterocycles. The number of ether oxygens (including phenoxy) is 2. The van der Waals surface area contributed by atoms with Gasteiger partial charge in [0.25, 0.3) is 8.18 Å². The third kappa shape index (κ3) is 6.64. The van der Waals surface area contributed by atoms with Crippen molar-refractivity contribution in [3.63, 3.8) is 0 Å². The summed E-state index contributed by atoms with van der Waals surface area (Å²) in [5.74, 6) is 1.73. The van der Waals surface area contributed by atoms with Crippen LogP contribution in [0.4, 0.5) is 16.2 Å². The fraction of sp³-hybridized carbons (Fsp3) is 0.481. The van der Waals surface area contributed by atoms with Gasteiger partial charge in [-0.15, -0.1) is 6.42 Å². The highest BCUT2D eigenvalue weighted by molar-refractivity contribution is 8.00. The molecule has 2 fully saturated rings.